The molecule has 0 bridgehead atoms. The number of nitrogens with two attached hydrogens (primary N) is 1. The van der Waals surface area contributed by atoms with E-state index in [0.29, 0.717) is 16.7 Å². The maximum atomic E-state index is 13.6. The fourth-order valence-electron chi connectivity index (χ4n) is 3.55. The molecule has 0 amide bonds. The summed E-state index contributed by atoms with van der Waals surface area (Å²) in [6, 6.07) is 8.11. The molecule has 0 aliphatic rings. The molecule has 0 saturated heterocycles. The van der Waals surface area contributed by atoms with Crippen molar-refractivity contribution in [3.8, 4) is 5.75 Å². The normalized spacial score (nSPS) is 12.5. The minimum absolute atomic E-state index is 0. The van der Waals surface area contributed by atoms with Crippen LogP contribution in [0.5, 0.6) is 5.75 Å². The van der Waals surface area contributed by atoms with Crippen LogP contribution in [0.2, 0.25) is 0 Å². The van der Waals surface area contributed by atoms with Crippen molar-refractivity contribution < 1.29 is 22.7 Å². The quantitative estimate of drug-likeness (QED) is 0.184. The van der Waals surface area contributed by atoms with Gasteiger partial charge in [-0.2, -0.15) is 0 Å². The molecule has 2 heterocycles. The van der Waals surface area contributed by atoms with Crippen molar-refractivity contribution in [1.82, 2.24) is 15.0 Å². The highest BCUT2D eigenvalue weighted by Gasteiger charge is 2.34. The third kappa shape index (κ3) is 7.10. The Hall–Kier alpha value is -2.77. The molecule has 2 aromatic heterocycles. The van der Waals surface area contributed by atoms with E-state index in [4.69, 9.17) is 15.2 Å². The first-order valence-corrected chi connectivity index (χ1v) is 14.4. The molecule has 0 radical (unpaired) electrons. The molecular weight excluding hydrogens is 597 g/mol. The lowest BCUT2D eigenvalue weighted by atomic mass is 10.1. The molecule has 14 heteroatoms. The van der Waals surface area contributed by atoms with Crippen LogP contribution in [0.25, 0.3) is 21.1 Å². The Morgan fingerprint density at radius 2 is 1.77 bits per heavy atom. The molecule has 1 atom stereocenters. The van der Waals surface area contributed by atoms with Gasteiger partial charge in [-0.1, -0.05) is 13.8 Å². The number of sulfone groups is 1. The van der Waals surface area contributed by atoms with Crippen LogP contribution in [0.15, 0.2) is 47.1 Å². The summed E-state index contributed by atoms with van der Waals surface area (Å²) in [6.07, 6.45) is 1.39. The summed E-state index contributed by atoms with van der Waals surface area (Å²) in [5, 5.41) is 3.77. The average molecular weight is 631 g/mol. The second-order valence-electron chi connectivity index (χ2n) is 10.1. The topological polar surface area (TPSA) is 146 Å². The molecule has 40 heavy (non-hydrogen) atoms. The minimum atomic E-state index is -3.83. The fraction of sp³-hybridized carbons (Fsp3) is 0.385. The van der Waals surface area contributed by atoms with Crippen LogP contribution in [-0.4, -0.2) is 53.3 Å². The van der Waals surface area contributed by atoms with E-state index in [1.165, 1.54) is 12.4 Å². The summed E-state index contributed by atoms with van der Waals surface area (Å²) in [7, 11) is -3.83. The number of hydrogen-bond donors (Lipinski definition) is 2. The van der Waals surface area contributed by atoms with Crippen LogP contribution in [0, 0.1) is 5.92 Å². The second-order valence-corrected chi connectivity index (χ2v) is 13.7. The number of anilines is 2. The molecule has 3 N–H and O–H groups in total. The van der Waals surface area contributed by atoms with Crippen molar-refractivity contribution >= 4 is 84.6 Å². The van der Waals surface area contributed by atoms with Crippen molar-refractivity contribution in [3.63, 3.8) is 0 Å². The smallest absolute Gasteiger partial charge is 0.323 e. The van der Waals surface area contributed by atoms with Gasteiger partial charge in [0.2, 0.25) is 0 Å². The van der Waals surface area contributed by atoms with Crippen LogP contribution in [0.3, 0.4) is 0 Å². The lowest BCUT2D eigenvalue weighted by Gasteiger charge is -2.22. The van der Waals surface area contributed by atoms with E-state index in [9.17, 15) is 13.2 Å². The Labute approximate surface area is 249 Å². The number of fused-ring (bicyclic) bond motifs is 2. The summed E-state index contributed by atoms with van der Waals surface area (Å²) < 4.78 is 38.1. The second kappa shape index (κ2) is 13.3. The van der Waals surface area contributed by atoms with Crippen LogP contribution >= 0.6 is 36.2 Å². The maximum Gasteiger partial charge on any atom is 0.323 e. The molecule has 0 spiro atoms. The van der Waals surface area contributed by atoms with Crippen LogP contribution in [0.4, 0.5) is 11.5 Å². The number of nitrogens with one attached hydrogen (secondary N) is 1. The summed E-state index contributed by atoms with van der Waals surface area (Å²) in [5.41, 5.74) is 9.68. The number of carbonyl (C=O) groups is 1. The highest BCUT2D eigenvalue weighted by molar-refractivity contribution is 7.92. The first-order valence-electron chi connectivity index (χ1n) is 12.1. The SMILES string of the molecule is CC(C)C(N)C(=O)OCCOc1cc2ncnc(Nc3ccc4scnc4c3)c2cc1S(=O)(=O)C(C)(C)C.Cl.Cl. The number of benzene rings is 2. The predicted molar refractivity (Wildman–Crippen MR) is 163 cm³/mol. The molecular formula is C26H33Cl2N5O5S2. The van der Waals surface area contributed by atoms with Gasteiger partial charge in [0, 0.05) is 17.1 Å². The minimum Gasteiger partial charge on any atom is -0.489 e. The van der Waals surface area contributed by atoms with Crippen molar-refractivity contribution in [2.75, 3.05) is 18.5 Å². The van der Waals surface area contributed by atoms with Gasteiger partial charge in [0.15, 0.2) is 9.84 Å². The molecule has 2 aromatic carbocycles. The Morgan fingerprint density at radius 1 is 1.05 bits per heavy atom. The van der Waals surface area contributed by atoms with Crippen LogP contribution < -0.4 is 15.8 Å². The van der Waals surface area contributed by atoms with E-state index in [1.807, 2.05) is 32.0 Å². The number of ether oxygens (including phenoxy) is 2. The lowest BCUT2D eigenvalue weighted by molar-refractivity contribution is -0.147. The van der Waals surface area contributed by atoms with Gasteiger partial charge in [-0.25, -0.2) is 23.4 Å². The van der Waals surface area contributed by atoms with Gasteiger partial charge < -0.3 is 20.5 Å². The zero-order chi connectivity index (χ0) is 27.7. The van der Waals surface area contributed by atoms with Crippen molar-refractivity contribution in [1.29, 1.82) is 0 Å². The van der Waals surface area contributed by atoms with Crippen LogP contribution in [-0.2, 0) is 19.4 Å². The fourth-order valence-corrected chi connectivity index (χ4v) is 5.53. The van der Waals surface area contributed by atoms with Gasteiger partial charge in [0.05, 0.1) is 26.0 Å². The van der Waals surface area contributed by atoms with Crippen molar-refractivity contribution in [2.24, 2.45) is 11.7 Å². The predicted octanol–water partition coefficient (Wildman–Crippen LogP) is 5.30. The number of carbonyl (C=O) groups excluding carboxylic acids is 1. The third-order valence-corrected chi connectivity index (χ3v) is 9.29. The summed E-state index contributed by atoms with van der Waals surface area (Å²) in [4.78, 5) is 25.1. The average Bonchev–Trinajstić information content (AvgIpc) is 3.33. The van der Waals surface area contributed by atoms with Crippen molar-refractivity contribution in [3.05, 3.63) is 42.2 Å². The van der Waals surface area contributed by atoms with Crippen LogP contribution in [0.1, 0.15) is 34.6 Å². The first-order chi connectivity index (χ1) is 17.9. The number of nitrogens with zero attached hydrogens (tertiary/aromatic N) is 3. The van der Waals surface area contributed by atoms with Gasteiger partial charge in [-0.3, -0.25) is 4.79 Å². The Kier molecular flexibility index (Phi) is 11.1. The molecule has 0 aliphatic heterocycles. The highest BCUT2D eigenvalue weighted by atomic mass is 35.5. The zero-order valence-corrected chi connectivity index (χ0v) is 26.0. The number of thiazole rings is 1. The van der Waals surface area contributed by atoms with E-state index in [-0.39, 0.29) is 54.6 Å². The number of hydrogen-bond acceptors (Lipinski definition) is 11. The maximum absolute atomic E-state index is 13.6. The Balaban J connectivity index is 0.00000280. The molecule has 0 saturated carbocycles. The first kappa shape index (κ1) is 33.4. The number of halogens is 2. The third-order valence-electron chi connectivity index (χ3n) is 5.97. The van der Waals surface area contributed by atoms with E-state index < -0.39 is 26.6 Å². The largest absolute Gasteiger partial charge is 0.489 e. The van der Waals surface area contributed by atoms with E-state index in [0.717, 1.165) is 15.9 Å². The zero-order valence-electron chi connectivity index (χ0n) is 22.7. The van der Waals surface area contributed by atoms with Crippen molar-refractivity contribution in [2.45, 2.75) is 50.3 Å². The van der Waals surface area contributed by atoms with Gasteiger partial charge in [0.25, 0.3) is 0 Å². The van der Waals surface area contributed by atoms with Gasteiger partial charge in [-0.15, -0.1) is 36.2 Å². The number of aromatic nitrogens is 3. The Bertz CT molecular complexity index is 1590. The molecule has 4 rings (SSSR count). The molecule has 1 unspecified atom stereocenters. The van der Waals surface area contributed by atoms with E-state index >= 15 is 0 Å². The summed E-state index contributed by atoms with van der Waals surface area (Å²) in [5.74, 6) is -0.0504. The number of esters is 1. The Morgan fingerprint density at radius 3 is 2.45 bits per heavy atom. The van der Waals surface area contributed by atoms with Gasteiger partial charge in [0.1, 0.15) is 42.0 Å². The standard InChI is InChI=1S/C26H31N5O5S2.2ClH/c1-15(2)23(27)25(32)36-9-8-35-20-12-18-17(11-22(20)38(33,34)26(3,4)5)24(29-13-28-18)31-16-6-7-21-19(10-16)30-14-37-21;;/h6-7,10-15,23H,8-9,27H2,1-5H3,(H,28,29,31);2*1H. The van der Waals surface area contributed by atoms with Gasteiger partial charge >= 0.3 is 5.97 Å². The van der Waals surface area contributed by atoms with Gasteiger partial charge in [-0.05, 0) is 51.0 Å². The molecule has 218 valence electrons. The van der Waals surface area contributed by atoms with E-state index in [1.54, 1.807) is 43.7 Å². The monoisotopic (exact) mass is 629 g/mol. The van der Waals surface area contributed by atoms with E-state index in [2.05, 4.69) is 20.3 Å². The summed E-state index contributed by atoms with van der Waals surface area (Å²) >= 11 is 1.55. The molecule has 0 fully saturated rings. The molecule has 4 aromatic rings. The lowest BCUT2D eigenvalue weighted by Crippen LogP contribution is -2.37. The highest BCUT2D eigenvalue weighted by Crippen LogP contribution is 2.37. The molecule has 0 aliphatic carbocycles. The number of rotatable bonds is 9. The summed E-state index contributed by atoms with van der Waals surface area (Å²) in [6.45, 7) is 8.37. The molecule has 10 nitrogen and oxygen atoms in total.